The van der Waals surface area contributed by atoms with Gasteiger partial charge in [0.25, 0.3) is 0 Å². The predicted molar refractivity (Wildman–Crippen MR) is 56.2 cm³/mol. The van der Waals surface area contributed by atoms with Gasteiger partial charge in [0, 0.05) is 30.9 Å². The van der Waals surface area contributed by atoms with E-state index in [1.165, 1.54) is 0 Å². The minimum atomic E-state index is 0. The molecule has 0 bridgehead atoms. The summed E-state index contributed by atoms with van der Waals surface area (Å²) in [5.41, 5.74) is 2.24. The zero-order chi connectivity index (χ0) is 8.93. The average molecular weight is 235 g/mol. The van der Waals surface area contributed by atoms with Crippen LogP contribution in [0.4, 0.5) is 11.4 Å². The molecular weight excluding hydrogens is 224 g/mol. The van der Waals surface area contributed by atoms with E-state index in [-0.39, 0.29) is 19.5 Å². The van der Waals surface area contributed by atoms with Crippen molar-refractivity contribution < 1.29 is 19.5 Å². The Labute approximate surface area is 96.9 Å². The summed E-state index contributed by atoms with van der Waals surface area (Å²) in [6.45, 7) is 0. The van der Waals surface area contributed by atoms with Gasteiger partial charge in [0.05, 0.1) is 0 Å². The number of para-hydroxylation sites is 2. The van der Waals surface area contributed by atoms with Crippen molar-refractivity contribution >= 4 is 11.4 Å². The number of hydrogen-bond acceptors (Lipinski definition) is 1. The third-order valence-electron chi connectivity index (χ3n) is 1.84. The van der Waals surface area contributed by atoms with Gasteiger partial charge in [0.15, 0.2) is 0 Å². The van der Waals surface area contributed by atoms with Crippen molar-refractivity contribution in [2.45, 2.75) is 0 Å². The SMILES string of the molecule is [Zn].c1ccc(Nc2ccccc2)cc1. The maximum Gasteiger partial charge on any atom is 0.0384 e. The van der Waals surface area contributed by atoms with Crippen molar-refractivity contribution in [3.05, 3.63) is 60.7 Å². The first-order valence-electron chi connectivity index (χ1n) is 4.32. The van der Waals surface area contributed by atoms with E-state index in [2.05, 4.69) is 5.32 Å². The molecule has 14 heavy (non-hydrogen) atoms. The van der Waals surface area contributed by atoms with E-state index in [4.69, 9.17) is 0 Å². The van der Waals surface area contributed by atoms with Crippen LogP contribution in [0.15, 0.2) is 60.7 Å². The zero-order valence-corrected chi connectivity index (χ0v) is 10.9. The first-order chi connectivity index (χ1) is 6.45. The van der Waals surface area contributed by atoms with Crippen LogP contribution in [-0.4, -0.2) is 0 Å². The smallest absolute Gasteiger partial charge is 0.0384 e. The summed E-state index contributed by atoms with van der Waals surface area (Å²) in [4.78, 5) is 0. The summed E-state index contributed by atoms with van der Waals surface area (Å²) < 4.78 is 0. The van der Waals surface area contributed by atoms with Gasteiger partial charge < -0.3 is 5.32 Å². The quantitative estimate of drug-likeness (QED) is 0.785. The molecule has 2 rings (SSSR count). The minimum Gasteiger partial charge on any atom is -0.356 e. The Hall–Kier alpha value is -1.14. The first-order valence-corrected chi connectivity index (χ1v) is 4.32. The molecule has 0 aliphatic carbocycles. The normalized spacial score (nSPS) is 8.86. The van der Waals surface area contributed by atoms with Gasteiger partial charge in [-0.1, -0.05) is 36.4 Å². The Morgan fingerprint density at radius 3 is 1.29 bits per heavy atom. The maximum absolute atomic E-state index is 3.30. The molecule has 2 heteroatoms. The molecule has 0 aliphatic heterocycles. The van der Waals surface area contributed by atoms with E-state index in [1.807, 2.05) is 60.7 Å². The molecule has 0 atom stereocenters. The first kappa shape index (κ1) is 10.9. The Kier molecular flexibility index (Phi) is 4.35. The molecule has 0 saturated heterocycles. The largest absolute Gasteiger partial charge is 0.356 e. The summed E-state index contributed by atoms with van der Waals surface area (Å²) in [5.74, 6) is 0. The van der Waals surface area contributed by atoms with Crippen molar-refractivity contribution in [1.29, 1.82) is 0 Å². The van der Waals surface area contributed by atoms with Gasteiger partial charge in [-0.15, -0.1) is 0 Å². The van der Waals surface area contributed by atoms with Crippen LogP contribution in [0, 0.1) is 0 Å². The predicted octanol–water partition coefficient (Wildman–Crippen LogP) is 3.43. The van der Waals surface area contributed by atoms with Gasteiger partial charge in [0.1, 0.15) is 0 Å². The average Bonchev–Trinajstić information content (AvgIpc) is 2.21. The van der Waals surface area contributed by atoms with Gasteiger partial charge >= 0.3 is 0 Å². The van der Waals surface area contributed by atoms with Gasteiger partial charge in [-0.25, -0.2) is 0 Å². The Balaban J connectivity index is 0.000000980. The fourth-order valence-electron chi connectivity index (χ4n) is 1.21. The van der Waals surface area contributed by atoms with E-state index in [0.717, 1.165) is 11.4 Å². The van der Waals surface area contributed by atoms with Crippen LogP contribution in [0.1, 0.15) is 0 Å². The van der Waals surface area contributed by atoms with Crippen LogP contribution in [0.3, 0.4) is 0 Å². The van der Waals surface area contributed by atoms with Crippen LogP contribution < -0.4 is 5.32 Å². The van der Waals surface area contributed by atoms with Crippen LogP contribution in [-0.2, 0) is 19.5 Å². The molecule has 0 fully saturated rings. The summed E-state index contributed by atoms with van der Waals surface area (Å²) in [6, 6.07) is 20.3. The van der Waals surface area contributed by atoms with Crippen molar-refractivity contribution in [1.82, 2.24) is 0 Å². The zero-order valence-electron chi connectivity index (χ0n) is 7.98. The molecule has 0 radical (unpaired) electrons. The number of nitrogens with one attached hydrogen (secondary N) is 1. The van der Waals surface area contributed by atoms with E-state index in [1.54, 1.807) is 0 Å². The number of hydrogen-bond donors (Lipinski definition) is 1. The molecule has 0 aromatic heterocycles. The third-order valence-corrected chi connectivity index (χ3v) is 1.84. The molecule has 0 spiro atoms. The molecule has 0 amide bonds. The van der Waals surface area contributed by atoms with Gasteiger partial charge in [-0.05, 0) is 24.3 Å². The van der Waals surface area contributed by atoms with Crippen LogP contribution in [0.25, 0.3) is 0 Å². The second-order valence-electron chi connectivity index (χ2n) is 2.86. The second kappa shape index (κ2) is 5.56. The molecule has 66 valence electrons. The topological polar surface area (TPSA) is 12.0 Å². The van der Waals surface area contributed by atoms with E-state index in [9.17, 15) is 0 Å². The fraction of sp³-hybridized carbons (Fsp3) is 0. The third kappa shape index (κ3) is 2.97. The van der Waals surface area contributed by atoms with Crippen molar-refractivity contribution in [3.63, 3.8) is 0 Å². The monoisotopic (exact) mass is 233 g/mol. The summed E-state index contributed by atoms with van der Waals surface area (Å²) in [7, 11) is 0. The Morgan fingerprint density at radius 1 is 0.571 bits per heavy atom. The van der Waals surface area contributed by atoms with Crippen molar-refractivity contribution in [2.75, 3.05) is 5.32 Å². The van der Waals surface area contributed by atoms with Gasteiger partial charge in [-0.3, -0.25) is 0 Å². The number of rotatable bonds is 2. The van der Waals surface area contributed by atoms with Gasteiger partial charge in [-0.2, -0.15) is 0 Å². The van der Waals surface area contributed by atoms with Crippen LogP contribution >= 0.6 is 0 Å². The second-order valence-corrected chi connectivity index (χ2v) is 2.86. The van der Waals surface area contributed by atoms with Crippen LogP contribution in [0.5, 0.6) is 0 Å². The van der Waals surface area contributed by atoms with Crippen LogP contribution in [0.2, 0.25) is 0 Å². The Morgan fingerprint density at radius 2 is 0.929 bits per heavy atom. The Bertz CT molecular complexity index is 321. The summed E-state index contributed by atoms with van der Waals surface area (Å²) >= 11 is 0. The van der Waals surface area contributed by atoms with Crippen molar-refractivity contribution in [2.24, 2.45) is 0 Å². The summed E-state index contributed by atoms with van der Waals surface area (Å²) in [5, 5.41) is 3.30. The number of benzene rings is 2. The molecular formula is C12H11NZn. The van der Waals surface area contributed by atoms with E-state index < -0.39 is 0 Å². The van der Waals surface area contributed by atoms with E-state index in [0.29, 0.717) is 0 Å². The minimum absolute atomic E-state index is 0. The van der Waals surface area contributed by atoms with Crippen molar-refractivity contribution in [3.8, 4) is 0 Å². The molecule has 0 aliphatic rings. The molecule has 1 N–H and O–H groups in total. The fourth-order valence-corrected chi connectivity index (χ4v) is 1.21. The van der Waals surface area contributed by atoms with Gasteiger partial charge in [0.2, 0.25) is 0 Å². The molecule has 0 heterocycles. The standard InChI is InChI=1S/C12H11N.Zn/c1-3-7-11(8-4-1)13-12-9-5-2-6-10-12;/h1-10,13H;. The summed E-state index contributed by atoms with van der Waals surface area (Å²) in [6.07, 6.45) is 0. The molecule has 0 unspecified atom stereocenters. The molecule has 1 nitrogen and oxygen atoms in total. The molecule has 2 aromatic rings. The molecule has 2 aromatic carbocycles. The maximum atomic E-state index is 3.30. The van der Waals surface area contributed by atoms with E-state index >= 15 is 0 Å². The number of anilines is 2. The molecule has 0 saturated carbocycles.